The Morgan fingerprint density at radius 1 is 1.16 bits per heavy atom. The number of carbonyl (C=O) groups is 2. The Kier molecular flexibility index (Phi) is 2.87. The molecule has 1 heterocycles. The monoisotopic (exact) mass is 346 g/mol. The van der Waals surface area contributed by atoms with Crippen molar-refractivity contribution < 1.29 is 24.5 Å². The van der Waals surface area contributed by atoms with E-state index in [0.717, 1.165) is 6.42 Å². The van der Waals surface area contributed by atoms with Gasteiger partial charge < -0.3 is 14.9 Å². The van der Waals surface area contributed by atoms with Crippen molar-refractivity contribution in [1.82, 2.24) is 0 Å². The normalized spacial score (nSPS) is 55.9. The molecule has 4 saturated carbocycles. The van der Waals surface area contributed by atoms with Crippen molar-refractivity contribution in [1.29, 1.82) is 0 Å². The molecule has 8 atom stereocenters. The summed E-state index contributed by atoms with van der Waals surface area (Å²) < 4.78 is 6.00. The third kappa shape index (κ3) is 1.43. The Balaban J connectivity index is 1.78. The van der Waals surface area contributed by atoms with Gasteiger partial charge in [-0.25, -0.2) is 0 Å². The highest BCUT2D eigenvalue weighted by molar-refractivity contribution is 6.19. The van der Waals surface area contributed by atoms with Crippen LogP contribution in [-0.2, 0) is 14.3 Å². The smallest absolute Gasteiger partial charge is 0.178 e. The van der Waals surface area contributed by atoms with Crippen molar-refractivity contribution in [2.45, 2.75) is 57.8 Å². The van der Waals surface area contributed by atoms with Gasteiger partial charge in [-0.1, -0.05) is 20.4 Å². The molecule has 2 N–H and O–H groups in total. The summed E-state index contributed by atoms with van der Waals surface area (Å²) in [5.41, 5.74) is -1.81. The third-order valence-corrected chi connectivity index (χ3v) is 8.51. The molecule has 5 fully saturated rings. The number of aliphatic hydroxyl groups is 2. The van der Waals surface area contributed by atoms with Crippen LogP contribution >= 0.6 is 0 Å². The number of ether oxygens (including phenoxy) is 1. The zero-order valence-corrected chi connectivity index (χ0v) is 14.8. The molecule has 0 aromatic carbocycles. The van der Waals surface area contributed by atoms with Crippen molar-refractivity contribution in [2.75, 3.05) is 6.61 Å². The van der Waals surface area contributed by atoms with E-state index in [1.54, 1.807) is 0 Å². The zero-order valence-electron chi connectivity index (χ0n) is 14.8. The van der Waals surface area contributed by atoms with Crippen LogP contribution < -0.4 is 0 Å². The molecule has 5 heteroatoms. The second-order valence-electron chi connectivity index (χ2n) is 9.63. The molecular weight excluding hydrogens is 320 g/mol. The highest BCUT2D eigenvalue weighted by Gasteiger charge is 2.81. The first-order valence-electron chi connectivity index (χ1n) is 9.46. The molecule has 4 aliphatic carbocycles. The van der Waals surface area contributed by atoms with E-state index < -0.39 is 29.1 Å². The van der Waals surface area contributed by atoms with Crippen LogP contribution in [0, 0.1) is 34.0 Å². The molecule has 1 aliphatic heterocycles. The van der Waals surface area contributed by atoms with Crippen molar-refractivity contribution in [3.05, 3.63) is 12.2 Å². The van der Waals surface area contributed by atoms with Gasteiger partial charge >= 0.3 is 0 Å². The summed E-state index contributed by atoms with van der Waals surface area (Å²) in [6.07, 6.45) is 0.475. The van der Waals surface area contributed by atoms with Crippen molar-refractivity contribution in [3.8, 4) is 0 Å². The van der Waals surface area contributed by atoms with Crippen LogP contribution in [0.1, 0.15) is 39.5 Å². The Morgan fingerprint density at radius 3 is 2.60 bits per heavy atom. The van der Waals surface area contributed by atoms with Crippen LogP contribution in [-0.4, -0.2) is 46.7 Å². The lowest BCUT2D eigenvalue weighted by Gasteiger charge is -2.62. The van der Waals surface area contributed by atoms with E-state index in [1.807, 2.05) is 0 Å². The topological polar surface area (TPSA) is 83.8 Å². The maximum Gasteiger partial charge on any atom is 0.178 e. The zero-order chi connectivity index (χ0) is 17.9. The van der Waals surface area contributed by atoms with E-state index in [1.165, 1.54) is 0 Å². The van der Waals surface area contributed by atoms with Gasteiger partial charge in [0.15, 0.2) is 11.6 Å². The number of aliphatic hydroxyl groups excluding tert-OH is 2. The van der Waals surface area contributed by atoms with Crippen LogP contribution in [0.25, 0.3) is 0 Å². The molecule has 25 heavy (non-hydrogen) atoms. The van der Waals surface area contributed by atoms with Gasteiger partial charge in [0.25, 0.3) is 0 Å². The maximum absolute atomic E-state index is 13.6. The average Bonchev–Trinajstić information content (AvgIpc) is 2.98. The fraction of sp³-hybridized carbons (Fsp3) is 0.800. The minimum absolute atomic E-state index is 0.0997. The van der Waals surface area contributed by atoms with Crippen LogP contribution in [0.3, 0.4) is 0 Å². The third-order valence-electron chi connectivity index (χ3n) is 8.51. The van der Waals surface area contributed by atoms with Gasteiger partial charge in [-0.2, -0.15) is 0 Å². The predicted molar refractivity (Wildman–Crippen MR) is 88.5 cm³/mol. The van der Waals surface area contributed by atoms with Gasteiger partial charge in [0, 0.05) is 17.3 Å². The molecule has 1 saturated heterocycles. The molecule has 0 unspecified atom stereocenters. The Hall–Kier alpha value is -1.04. The van der Waals surface area contributed by atoms with Gasteiger partial charge in [-0.05, 0) is 42.6 Å². The number of fused-ring (bicyclic) bond motifs is 1. The van der Waals surface area contributed by atoms with Crippen LogP contribution in [0.15, 0.2) is 12.2 Å². The number of Topliss-reactive ketones (excluding diaryl/α,β-unsaturated/α-hetero) is 2. The van der Waals surface area contributed by atoms with Crippen molar-refractivity contribution in [3.63, 3.8) is 0 Å². The van der Waals surface area contributed by atoms with Gasteiger partial charge in [0.1, 0.15) is 11.5 Å². The summed E-state index contributed by atoms with van der Waals surface area (Å²) >= 11 is 0. The SMILES string of the molecule is C=C1C(=O)[C@@]23C(=O)[C@@H]4OC[C@@]5([C@H]4C(C)(C)CC[C@@H]5O)[C@@H]2CC[C@@H]1[C@H]3O. The summed E-state index contributed by atoms with van der Waals surface area (Å²) in [6, 6.07) is 0. The fourth-order valence-electron chi connectivity index (χ4n) is 7.56. The summed E-state index contributed by atoms with van der Waals surface area (Å²) in [4.78, 5) is 26.8. The average molecular weight is 346 g/mol. The molecular formula is C20H26O5. The Morgan fingerprint density at radius 2 is 1.88 bits per heavy atom. The van der Waals surface area contributed by atoms with Gasteiger partial charge in [-0.15, -0.1) is 0 Å². The van der Waals surface area contributed by atoms with E-state index in [0.29, 0.717) is 31.4 Å². The van der Waals surface area contributed by atoms with E-state index >= 15 is 0 Å². The number of carbonyl (C=O) groups excluding carboxylic acids is 2. The molecule has 136 valence electrons. The van der Waals surface area contributed by atoms with Gasteiger partial charge in [0.05, 0.1) is 18.8 Å². The van der Waals surface area contributed by atoms with E-state index in [9.17, 15) is 19.8 Å². The Labute approximate surface area is 147 Å². The lowest BCUT2D eigenvalue weighted by molar-refractivity contribution is -0.207. The molecule has 1 spiro atoms. The number of rotatable bonds is 0. The summed E-state index contributed by atoms with van der Waals surface area (Å²) in [5, 5.41) is 22.1. The van der Waals surface area contributed by atoms with E-state index in [-0.39, 0.29) is 34.7 Å². The minimum atomic E-state index is -1.44. The van der Waals surface area contributed by atoms with Crippen LogP contribution in [0.5, 0.6) is 0 Å². The Bertz CT molecular complexity index is 711. The maximum atomic E-state index is 13.6. The molecule has 5 rings (SSSR count). The van der Waals surface area contributed by atoms with E-state index in [2.05, 4.69) is 20.4 Å². The molecule has 4 bridgehead atoms. The fourth-order valence-corrected chi connectivity index (χ4v) is 7.56. The lowest BCUT2D eigenvalue weighted by atomic mass is 9.39. The molecule has 5 nitrogen and oxygen atoms in total. The number of hydrogen-bond acceptors (Lipinski definition) is 5. The predicted octanol–water partition coefficient (Wildman–Crippen LogP) is 1.26. The van der Waals surface area contributed by atoms with Crippen molar-refractivity contribution in [2.24, 2.45) is 34.0 Å². The lowest BCUT2D eigenvalue weighted by Crippen LogP contribution is -2.71. The molecule has 0 radical (unpaired) electrons. The number of hydrogen-bond donors (Lipinski definition) is 2. The minimum Gasteiger partial charge on any atom is -0.392 e. The summed E-state index contributed by atoms with van der Waals surface area (Å²) in [7, 11) is 0. The standard InChI is InChI=1S/C20H26O5/c1-9-10-4-5-11-19-8-25-13(14(19)18(2,3)7-6-12(19)21)17(24)20(11,15(9)22)16(10)23/h10-14,16,21,23H,1,4-8H2,2-3H3/t10-,11-,12-,13+,14+,16+,19+,20-/m0/s1. The van der Waals surface area contributed by atoms with Crippen molar-refractivity contribution >= 4 is 11.6 Å². The first-order chi connectivity index (χ1) is 11.7. The van der Waals surface area contributed by atoms with Crippen LogP contribution in [0.4, 0.5) is 0 Å². The second kappa shape index (κ2) is 4.44. The quantitative estimate of drug-likeness (QED) is 0.510. The molecule has 0 aromatic heterocycles. The van der Waals surface area contributed by atoms with Crippen LogP contribution in [0.2, 0.25) is 0 Å². The highest BCUT2D eigenvalue weighted by Crippen LogP contribution is 2.72. The largest absolute Gasteiger partial charge is 0.392 e. The second-order valence-corrected chi connectivity index (χ2v) is 9.63. The molecule has 0 amide bonds. The molecule has 5 aliphatic rings. The summed E-state index contributed by atoms with van der Waals surface area (Å²) in [5.74, 6) is -1.32. The first-order valence-corrected chi connectivity index (χ1v) is 9.46. The summed E-state index contributed by atoms with van der Waals surface area (Å²) in [6.45, 7) is 8.49. The molecule has 0 aromatic rings. The highest BCUT2D eigenvalue weighted by atomic mass is 16.5. The van der Waals surface area contributed by atoms with Gasteiger partial charge in [0.2, 0.25) is 0 Å². The number of ketones is 2. The van der Waals surface area contributed by atoms with Gasteiger partial charge in [-0.3, -0.25) is 9.59 Å². The first kappa shape index (κ1) is 16.2. The van der Waals surface area contributed by atoms with E-state index in [4.69, 9.17) is 4.74 Å².